The number of likely N-dealkylation sites (N-methyl/N-ethyl adjacent to an activating group) is 1. The fourth-order valence-electron chi connectivity index (χ4n) is 3.36. The number of amides is 3. The maximum Gasteiger partial charge on any atom is 0.322 e. The minimum Gasteiger partial charge on any atom is -0.357 e. The molecule has 1 aromatic carbocycles. The predicted molar refractivity (Wildman–Crippen MR) is 97.3 cm³/mol. The summed E-state index contributed by atoms with van der Waals surface area (Å²) in [6.45, 7) is 7.01. The van der Waals surface area contributed by atoms with Gasteiger partial charge >= 0.3 is 6.03 Å². The van der Waals surface area contributed by atoms with E-state index in [4.69, 9.17) is 0 Å². The number of carbonyl (C=O) groups excluding carboxylic acids is 2. The van der Waals surface area contributed by atoms with E-state index in [1.54, 1.807) is 11.9 Å². The van der Waals surface area contributed by atoms with Crippen LogP contribution in [-0.4, -0.2) is 36.5 Å². The molecule has 2 N–H and O–H groups in total. The average molecular weight is 331 g/mol. The summed E-state index contributed by atoms with van der Waals surface area (Å²) in [5.74, 6) is 0.235. The number of nitrogens with one attached hydrogen (secondary N) is 2. The molecule has 1 unspecified atom stereocenters. The van der Waals surface area contributed by atoms with E-state index in [1.807, 2.05) is 0 Å². The van der Waals surface area contributed by atoms with Gasteiger partial charge in [0.05, 0.1) is 0 Å². The number of para-hydroxylation sites is 1. The summed E-state index contributed by atoms with van der Waals surface area (Å²) in [5.41, 5.74) is 3.22. The molecule has 132 valence electrons. The third-order valence-electron chi connectivity index (χ3n) is 4.62. The van der Waals surface area contributed by atoms with Gasteiger partial charge in [-0.1, -0.05) is 45.4 Å². The van der Waals surface area contributed by atoms with Crippen LogP contribution in [0.4, 0.5) is 10.5 Å². The quantitative estimate of drug-likeness (QED) is 0.867. The second-order valence-corrected chi connectivity index (χ2v) is 6.68. The van der Waals surface area contributed by atoms with Crippen LogP contribution in [0.3, 0.4) is 0 Å². The van der Waals surface area contributed by atoms with E-state index < -0.39 is 0 Å². The molecule has 0 saturated carbocycles. The zero-order valence-electron chi connectivity index (χ0n) is 15.2. The first-order valence-corrected chi connectivity index (χ1v) is 8.90. The van der Waals surface area contributed by atoms with Gasteiger partial charge in [-0.2, -0.15) is 0 Å². The van der Waals surface area contributed by atoms with Gasteiger partial charge in [-0.3, -0.25) is 4.79 Å². The molecule has 5 heteroatoms. The lowest BCUT2D eigenvalue weighted by Gasteiger charge is -2.26. The Balaban J connectivity index is 2.26. The molecule has 1 heterocycles. The fourth-order valence-corrected chi connectivity index (χ4v) is 3.36. The lowest BCUT2D eigenvalue weighted by Crippen LogP contribution is -2.46. The standard InChI is InChI=1S/C19H29N3O2/c1-5-8-14-9-6-10-15(13(2)3)17(14)21-19(24)22-12-7-11-16(22)18(23)20-4/h6,9-10,13,16H,5,7-8,11-12H2,1-4H3,(H,20,23)(H,21,24). The molecule has 0 radical (unpaired) electrons. The highest BCUT2D eigenvalue weighted by molar-refractivity contribution is 5.95. The van der Waals surface area contributed by atoms with Crippen molar-refractivity contribution in [1.29, 1.82) is 0 Å². The lowest BCUT2D eigenvalue weighted by atomic mass is 9.96. The molecule has 0 aromatic heterocycles. The van der Waals surface area contributed by atoms with Crippen molar-refractivity contribution in [2.45, 2.75) is 58.4 Å². The Kier molecular flexibility index (Phi) is 6.23. The molecule has 1 fully saturated rings. The second kappa shape index (κ2) is 8.18. The van der Waals surface area contributed by atoms with Crippen LogP contribution in [0.1, 0.15) is 57.1 Å². The SMILES string of the molecule is CCCc1cccc(C(C)C)c1NC(=O)N1CCCC1C(=O)NC. The second-order valence-electron chi connectivity index (χ2n) is 6.68. The van der Waals surface area contributed by atoms with Crippen molar-refractivity contribution in [3.8, 4) is 0 Å². The van der Waals surface area contributed by atoms with Crippen LogP contribution in [0.5, 0.6) is 0 Å². The van der Waals surface area contributed by atoms with E-state index in [-0.39, 0.29) is 18.0 Å². The molecular weight excluding hydrogens is 302 g/mol. The molecule has 3 amide bonds. The first kappa shape index (κ1) is 18.3. The highest BCUT2D eigenvalue weighted by Crippen LogP contribution is 2.30. The van der Waals surface area contributed by atoms with E-state index in [9.17, 15) is 9.59 Å². The number of hydrogen-bond acceptors (Lipinski definition) is 2. The Bertz CT molecular complexity index is 598. The van der Waals surface area contributed by atoms with Crippen LogP contribution in [-0.2, 0) is 11.2 Å². The summed E-state index contributed by atoms with van der Waals surface area (Å²) in [6.07, 6.45) is 3.53. The lowest BCUT2D eigenvalue weighted by molar-refractivity contribution is -0.124. The van der Waals surface area contributed by atoms with Crippen LogP contribution in [0, 0.1) is 0 Å². The molecule has 24 heavy (non-hydrogen) atoms. The molecule has 1 aromatic rings. The van der Waals surface area contributed by atoms with Crippen molar-refractivity contribution in [2.75, 3.05) is 18.9 Å². The molecular formula is C19H29N3O2. The van der Waals surface area contributed by atoms with E-state index in [0.29, 0.717) is 12.5 Å². The van der Waals surface area contributed by atoms with Gasteiger partial charge in [0.1, 0.15) is 6.04 Å². The van der Waals surface area contributed by atoms with E-state index in [1.165, 1.54) is 0 Å². The summed E-state index contributed by atoms with van der Waals surface area (Å²) in [7, 11) is 1.62. The van der Waals surface area contributed by atoms with Crippen LogP contribution < -0.4 is 10.6 Å². The number of nitrogens with zero attached hydrogens (tertiary/aromatic N) is 1. The van der Waals surface area contributed by atoms with Crippen molar-refractivity contribution in [3.05, 3.63) is 29.3 Å². The van der Waals surface area contributed by atoms with Crippen LogP contribution in [0.25, 0.3) is 0 Å². The van der Waals surface area contributed by atoms with Gasteiger partial charge in [0.15, 0.2) is 0 Å². The van der Waals surface area contributed by atoms with Crippen molar-refractivity contribution < 1.29 is 9.59 Å². The Morgan fingerprint density at radius 1 is 1.33 bits per heavy atom. The summed E-state index contributed by atoms with van der Waals surface area (Å²) in [6, 6.07) is 5.66. The number of carbonyl (C=O) groups is 2. The van der Waals surface area contributed by atoms with E-state index in [2.05, 4.69) is 49.6 Å². The van der Waals surface area contributed by atoms with E-state index >= 15 is 0 Å². The Hall–Kier alpha value is -2.04. The van der Waals surface area contributed by atoms with Gasteiger partial charge in [-0.15, -0.1) is 0 Å². The number of likely N-dealkylation sites (tertiary alicyclic amines) is 1. The molecule has 0 aliphatic carbocycles. The fraction of sp³-hybridized carbons (Fsp3) is 0.579. The zero-order valence-corrected chi connectivity index (χ0v) is 15.2. The Morgan fingerprint density at radius 2 is 2.08 bits per heavy atom. The third kappa shape index (κ3) is 3.89. The number of aryl methyl sites for hydroxylation is 1. The van der Waals surface area contributed by atoms with Gasteiger partial charge in [-0.05, 0) is 36.3 Å². The normalized spacial score (nSPS) is 17.2. The highest BCUT2D eigenvalue weighted by atomic mass is 16.2. The van der Waals surface area contributed by atoms with Crippen molar-refractivity contribution in [2.24, 2.45) is 0 Å². The number of rotatable bonds is 5. The number of benzene rings is 1. The minimum absolute atomic E-state index is 0.0893. The largest absolute Gasteiger partial charge is 0.357 e. The van der Waals surface area contributed by atoms with Crippen molar-refractivity contribution in [1.82, 2.24) is 10.2 Å². The maximum atomic E-state index is 12.8. The van der Waals surface area contributed by atoms with Gasteiger partial charge in [-0.25, -0.2) is 4.79 Å². The molecule has 1 atom stereocenters. The number of hydrogen-bond donors (Lipinski definition) is 2. The van der Waals surface area contributed by atoms with Gasteiger partial charge in [0.25, 0.3) is 0 Å². The summed E-state index contributed by atoms with van der Waals surface area (Å²) in [4.78, 5) is 26.5. The van der Waals surface area contributed by atoms with Gasteiger partial charge in [0, 0.05) is 19.3 Å². The molecule has 2 rings (SSSR count). The first-order chi connectivity index (χ1) is 11.5. The molecule has 0 spiro atoms. The van der Waals surface area contributed by atoms with Crippen LogP contribution >= 0.6 is 0 Å². The molecule has 5 nitrogen and oxygen atoms in total. The van der Waals surface area contributed by atoms with Crippen molar-refractivity contribution >= 4 is 17.6 Å². The molecule has 1 saturated heterocycles. The van der Waals surface area contributed by atoms with E-state index in [0.717, 1.165) is 42.5 Å². The topological polar surface area (TPSA) is 61.4 Å². The molecule has 1 aliphatic heterocycles. The predicted octanol–water partition coefficient (Wildman–Crippen LogP) is 3.50. The summed E-state index contributed by atoms with van der Waals surface area (Å²) in [5, 5.41) is 5.76. The minimum atomic E-state index is -0.365. The monoisotopic (exact) mass is 331 g/mol. The van der Waals surface area contributed by atoms with Gasteiger partial charge < -0.3 is 15.5 Å². The molecule has 0 bridgehead atoms. The summed E-state index contributed by atoms with van der Waals surface area (Å²) >= 11 is 0. The summed E-state index contributed by atoms with van der Waals surface area (Å²) < 4.78 is 0. The van der Waals surface area contributed by atoms with Crippen LogP contribution in [0.2, 0.25) is 0 Å². The zero-order chi connectivity index (χ0) is 17.7. The number of anilines is 1. The number of urea groups is 1. The maximum absolute atomic E-state index is 12.8. The third-order valence-corrected chi connectivity index (χ3v) is 4.62. The van der Waals surface area contributed by atoms with Crippen LogP contribution in [0.15, 0.2) is 18.2 Å². The smallest absolute Gasteiger partial charge is 0.322 e. The van der Waals surface area contributed by atoms with Gasteiger partial charge in [0.2, 0.25) is 5.91 Å². The average Bonchev–Trinajstić information content (AvgIpc) is 3.05. The first-order valence-electron chi connectivity index (χ1n) is 8.90. The molecule has 1 aliphatic rings. The van der Waals surface area contributed by atoms with Crippen molar-refractivity contribution in [3.63, 3.8) is 0 Å². The Morgan fingerprint density at radius 3 is 2.71 bits per heavy atom. The Labute approximate surface area is 144 Å². The highest BCUT2D eigenvalue weighted by Gasteiger charge is 2.34.